The van der Waals surface area contributed by atoms with Crippen LogP contribution in [-0.4, -0.2) is 31.3 Å². The first-order chi connectivity index (χ1) is 13.0. The van der Waals surface area contributed by atoms with Gasteiger partial charge in [-0.15, -0.1) is 5.10 Å². The fraction of sp³-hybridized carbons (Fsp3) is 0.300. The van der Waals surface area contributed by atoms with Crippen LogP contribution < -0.4 is 5.32 Å². The molecule has 0 spiro atoms. The molecule has 7 nitrogen and oxygen atoms in total. The third-order valence-electron chi connectivity index (χ3n) is 4.56. The summed E-state index contributed by atoms with van der Waals surface area (Å²) in [5.74, 6) is -0.370. The topological polar surface area (TPSA) is 81.8 Å². The van der Waals surface area contributed by atoms with E-state index in [1.807, 2.05) is 57.2 Å². The summed E-state index contributed by atoms with van der Waals surface area (Å²) in [7, 11) is 0. The van der Waals surface area contributed by atoms with Gasteiger partial charge in [0.25, 0.3) is 5.91 Å². The number of Topliss-reactive ketones (excluding diaryl/α,β-unsaturated/α-hetero) is 1. The highest BCUT2D eigenvalue weighted by Crippen LogP contribution is 2.16. The molecule has 3 rings (SSSR count). The third kappa shape index (κ3) is 4.13. The maximum Gasteiger partial charge on any atom is 0.273 e. The molecule has 0 saturated carbocycles. The van der Waals surface area contributed by atoms with Crippen LogP contribution in [0.5, 0.6) is 0 Å². The molecule has 140 valence electrons. The quantitative estimate of drug-likeness (QED) is 0.652. The van der Waals surface area contributed by atoms with Crippen LogP contribution in [0.2, 0.25) is 0 Å². The summed E-state index contributed by atoms with van der Waals surface area (Å²) in [5.41, 5.74) is 3.87. The molecule has 0 saturated heterocycles. The van der Waals surface area contributed by atoms with Crippen molar-refractivity contribution in [1.29, 1.82) is 0 Å². The molecule has 27 heavy (non-hydrogen) atoms. The van der Waals surface area contributed by atoms with Gasteiger partial charge in [0.2, 0.25) is 0 Å². The Labute approximate surface area is 158 Å². The summed E-state index contributed by atoms with van der Waals surface area (Å²) in [6.07, 6.45) is 1.50. The second-order valence-corrected chi connectivity index (χ2v) is 6.42. The number of nitrogens with zero attached hydrogens (tertiary/aromatic N) is 4. The first-order valence-electron chi connectivity index (χ1n) is 8.91. The Bertz CT molecular complexity index is 956. The Kier molecular flexibility index (Phi) is 5.49. The summed E-state index contributed by atoms with van der Waals surface area (Å²) in [5, 5.41) is 10.6. The number of rotatable bonds is 7. The number of carbonyl (C=O) groups is 2. The standard InChI is InChI=1S/C20H23N5O2/c1-4-25-14(2)10-17(15(25)3)19(26)13-24-12-18(22-23-24)20(27)21-11-16-8-6-5-7-9-16/h5-10,12H,4,11,13H2,1-3H3,(H,21,27). The zero-order valence-electron chi connectivity index (χ0n) is 15.8. The van der Waals surface area contributed by atoms with Crippen molar-refractivity contribution < 1.29 is 9.59 Å². The molecule has 0 aliphatic heterocycles. The van der Waals surface area contributed by atoms with E-state index in [9.17, 15) is 9.59 Å². The molecular weight excluding hydrogens is 342 g/mol. The number of aromatic nitrogens is 4. The normalized spacial score (nSPS) is 10.8. The van der Waals surface area contributed by atoms with E-state index < -0.39 is 0 Å². The second kappa shape index (κ2) is 7.99. The number of hydrogen-bond acceptors (Lipinski definition) is 4. The van der Waals surface area contributed by atoms with Crippen molar-refractivity contribution in [3.63, 3.8) is 0 Å². The van der Waals surface area contributed by atoms with Gasteiger partial charge in [-0.3, -0.25) is 9.59 Å². The van der Waals surface area contributed by atoms with Crippen LogP contribution >= 0.6 is 0 Å². The third-order valence-corrected chi connectivity index (χ3v) is 4.56. The highest BCUT2D eigenvalue weighted by Gasteiger charge is 2.17. The van der Waals surface area contributed by atoms with Gasteiger partial charge in [-0.05, 0) is 32.4 Å². The van der Waals surface area contributed by atoms with Crippen LogP contribution in [0, 0.1) is 13.8 Å². The Morgan fingerprint density at radius 2 is 1.89 bits per heavy atom. The minimum absolute atomic E-state index is 0.0486. The first kappa shape index (κ1) is 18.6. The number of nitrogens with one attached hydrogen (secondary N) is 1. The Morgan fingerprint density at radius 1 is 1.15 bits per heavy atom. The number of benzene rings is 1. The van der Waals surface area contributed by atoms with Crippen LogP contribution in [0.15, 0.2) is 42.6 Å². The van der Waals surface area contributed by atoms with Crippen molar-refractivity contribution in [3.05, 3.63) is 70.8 Å². The van der Waals surface area contributed by atoms with Crippen molar-refractivity contribution >= 4 is 11.7 Å². The largest absolute Gasteiger partial charge is 0.349 e. The van der Waals surface area contributed by atoms with Crippen LogP contribution in [-0.2, 0) is 19.6 Å². The average molecular weight is 365 g/mol. The summed E-state index contributed by atoms with van der Waals surface area (Å²) in [6.45, 7) is 7.25. The summed E-state index contributed by atoms with van der Waals surface area (Å²) in [4.78, 5) is 24.8. The van der Waals surface area contributed by atoms with Gasteiger partial charge in [-0.1, -0.05) is 35.5 Å². The van der Waals surface area contributed by atoms with E-state index in [4.69, 9.17) is 0 Å². The Hall–Kier alpha value is -3.22. The minimum atomic E-state index is -0.318. The van der Waals surface area contributed by atoms with Crippen molar-refractivity contribution in [1.82, 2.24) is 24.9 Å². The lowest BCUT2D eigenvalue weighted by Gasteiger charge is -2.05. The monoisotopic (exact) mass is 365 g/mol. The van der Waals surface area contributed by atoms with Crippen molar-refractivity contribution in [3.8, 4) is 0 Å². The van der Waals surface area contributed by atoms with Gasteiger partial charge in [0.1, 0.15) is 6.54 Å². The maximum atomic E-state index is 12.6. The molecule has 2 heterocycles. The van der Waals surface area contributed by atoms with Gasteiger partial charge in [-0.2, -0.15) is 0 Å². The van der Waals surface area contributed by atoms with Crippen LogP contribution in [0.4, 0.5) is 0 Å². The molecule has 0 radical (unpaired) electrons. The zero-order chi connectivity index (χ0) is 19.4. The van der Waals surface area contributed by atoms with Crippen molar-refractivity contribution in [2.75, 3.05) is 0 Å². The van der Waals surface area contributed by atoms with Gasteiger partial charge in [0.15, 0.2) is 11.5 Å². The molecule has 7 heteroatoms. The molecule has 3 aromatic rings. The molecule has 1 N–H and O–H groups in total. The van der Waals surface area contributed by atoms with E-state index in [1.165, 1.54) is 10.9 Å². The first-order valence-corrected chi connectivity index (χ1v) is 8.91. The molecular formula is C20H23N5O2. The predicted octanol–water partition coefficient (Wildman–Crippen LogP) is 2.53. The lowest BCUT2D eigenvalue weighted by atomic mass is 10.1. The molecule has 0 fully saturated rings. The van der Waals surface area contributed by atoms with Crippen molar-refractivity contribution in [2.45, 2.75) is 40.4 Å². The van der Waals surface area contributed by atoms with Gasteiger partial charge in [0, 0.05) is 30.0 Å². The Morgan fingerprint density at radius 3 is 2.56 bits per heavy atom. The van der Waals surface area contributed by atoms with Crippen LogP contribution in [0.25, 0.3) is 0 Å². The molecule has 2 aromatic heterocycles. The van der Waals surface area contributed by atoms with Crippen molar-refractivity contribution in [2.24, 2.45) is 0 Å². The summed E-state index contributed by atoms with van der Waals surface area (Å²) >= 11 is 0. The maximum absolute atomic E-state index is 12.6. The number of hydrogen-bond donors (Lipinski definition) is 1. The fourth-order valence-electron chi connectivity index (χ4n) is 3.15. The average Bonchev–Trinajstić information content (AvgIpc) is 3.24. The van der Waals surface area contributed by atoms with Gasteiger partial charge in [0.05, 0.1) is 6.20 Å². The zero-order valence-corrected chi connectivity index (χ0v) is 15.8. The van der Waals surface area contributed by atoms with Gasteiger partial charge < -0.3 is 9.88 Å². The van der Waals surface area contributed by atoms with Gasteiger partial charge in [-0.25, -0.2) is 4.68 Å². The van der Waals surface area contributed by atoms with Crippen LogP contribution in [0.3, 0.4) is 0 Å². The van der Waals surface area contributed by atoms with E-state index in [0.29, 0.717) is 12.1 Å². The fourth-order valence-corrected chi connectivity index (χ4v) is 3.15. The highest BCUT2D eigenvalue weighted by atomic mass is 16.2. The molecule has 0 aliphatic carbocycles. The van der Waals surface area contributed by atoms with E-state index in [0.717, 1.165) is 23.5 Å². The highest BCUT2D eigenvalue weighted by molar-refractivity contribution is 5.97. The molecule has 0 atom stereocenters. The molecule has 1 aromatic carbocycles. The van der Waals surface area contributed by atoms with E-state index >= 15 is 0 Å². The number of amides is 1. The lowest BCUT2D eigenvalue weighted by Crippen LogP contribution is -2.23. The van der Waals surface area contributed by atoms with E-state index in [-0.39, 0.29) is 23.9 Å². The summed E-state index contributed by atoms with van der Waals surface area (Å²) in [6, 6.07) is 11.5. The lowest BCUT2D eigenvalue weighted by molar-refractivity contribution is 0.0941. The number of carbonyl (C=O) groups excluding carboxylic acids is 2. The number of ketones is 1. The molecule has 0 bridgehead atoms. The SMILES string of the molecule is CCn1c(C)cc(C(=O)Cn2cc(C(=O)NCc3ccccc3)nn2)c1C. The second-order valence-electron chi connectivity index (χ2n) is 6.42. The smallest absolute Gasteiger partial charge is 0.273 e. The van der Waals surface area contributed by atoms with Gasteiger partial charge >= 0.3 is 0 Å². The Balaban J connectivity index is 1.63. The predicted molar refractivity (Wildman–Crippen MR) is 102 cm³/mol. The molecule has 0 aliphatic rings. The number of aryl methyl sites for hydroxylation is 1. The minimum Gasteiger partial charge on any atom is -0.349 e. The van der Waals surface area contributed by atoms with E-state index in [2.05, 4.69) is 20.2 Å². The molecule has 1 amide bonds. The van der Waals surface area contributed by atoms with E-state index in [1.54, 1.807) is 0 Å². The molecule has 0 unspecified atom stereocenters. The van der Waals surface area contributed by atoms with Crippen LogP contribution in [0.1, 0.15) is 44.7 Å². The summed E-state index contributed by atoms with van der Waals surface area (Å²) < 4.78 is 3.49.